The lowest BCUT2D eigenvalue weighted by Gasteiger charge is -2.39. The molecular formula is C19H34O3Si. The van der Waals surface area contributed by atoms with Gasteiger partial charge in [-0.05, 0) is 31.2 Å². The van der Waals surface area contributed by atoms with Crippen LogP contribution in [0.15, 0.2) is 30.3 Å². The molecule has 1 unspecified atom stereocenters. The minimum absolute atomic E-state index is 0.0278. The first kappa shape index (κ1) is 20.4. The first-order valence-corrected chi connectivity index (χ1v) is 10.8. The predicted octanol–water partition coefficient (Wildman–Crippen LogP) is 5.60. The van der Waals surface area contributed by atoms with E-state index in [1.54, 1.807) is 0 Å². The Hall–Kier alpha value is -0.683. The van der Waals surface area contributed by atoms with Gasteiger partial charge in [0.15, 0.2) is 0 Å². The lowest BCUT2D eigenvalue weighted by atomic mass is 9.85. The Kier molecular flexibility index (Phi) is 8.48. The number of rotatable bonds is 10. The van der Waals surface area contributed by atoms with E-state index in [4.69, 9.17) is 13.3 Å². The Bertz CT molecular complexity index is 422. The van der Waals surface area contributed by atoms with Gasteiger partial charge in [0.1, 0.15) is 0 Å². The van der Waals surface area contributed by atoms with Crippen molar-refractivity contribution in [3.05, 3.63) is 35.9 Å². The summed E-state index contributed by atoms with van der Waals surface area (Å²) in [5, 5.41) is 0. The summed E-state index contributed by atoms with van der Waals surface area (Å²) >= 11 is 0. The molecular weight excluding hydrogens is 304 g/mol. The lowest BCUT2D eigenvalue weighted by Crippen LogP contribution is -2.48. The third-order valence-electron chi connectivity index (χ3n) is 3.75. The van der Waals surface area contributed by atoms with E-state index in [-0.39, 0.29) is 11.5 Å². The molecule has 0 aromatic heterocycles. The summed E-state index contributed by atoms with van der Waals surface area (Å²) in [5.74, 6) is 0. The van der Waals surface area contributed by atoms with Crippen LogP contribution in [0.4, 0.5) is 0 Å². The molecule has 1 rings (SSSR count). The Morgan fingerprint density at radius 2 is 1.52 bits per heavy atom. The Balaban J connectivity index is 3.12. The predicted molar refractivity (Wildman–Crippen MR) is 98.4 cm³/mol. The van der Waals surface area contributed by atoms with E-state index >= 15 is 0 Å². The molecule has 0 spiro atoms. The standard InChI is InChI=1S/C19H34O3Si/c1-7-10-16-23(20-8-2,21-9-3)22-18(19(4,5)6)17-14-12-11-13-15-17/h11-15,18H,7-10,16H2,1-6H3. The third kappa shape index (κ3) is 6.38. The fraction of sp³-hybridized carbons (Fsp3) is 0.684. The Labute approximate surface area is 143 Å². The quantitative estimate of drug-likeness (QED) is 0.519. The zero-order chi connectivity index (χ0) is 17.3. The molecule has 23 heavy (non-hydrogen) atoms. The molecule has 0 aliphatic heterocycles. The summed E-state index contributed by atoms with van der Waals surface area (Å²) in [6.45, 7) is 14.1. The minimum atomic E-state index is -2.67. The van der Waals surface area contributed by atoms with E-state index in [2.05, 4.69) is 52.0 Å². The van der Waals surface area contributed by atoms with Gasteiger partial charge in [-0.15, -0.1) is 0 Å². The van der Waals surface area contributed by atoms with Crippen LogP contribution < -0.4 is 0 Å². The van der Waals surface area contributed by atoms with Crippen LogP contribution in [0.1, 0.15) is 66.1 Å². The normalized spacial score (nSPS) is 14.0. The molecule has 0 saturated carbocycles. The topological polar surface area (TPSA) is 27.7 Å². The molecule has 0 heterocycles. The smallest absolute Gasteiger partial charge is 0.374 e. The van der Waals surface area contributed by atoms with E-state index in [1.165, 1.54) is 5.56 Å². The van der Waals surface area contributed by atoms with Crippen LogP contribution >= 0.6 is 0 Å². The summed E-state index contributed by atoms with van der Waals surface area (Å²) in [4.78, 5) is 0. The number of hydrogen-bond acceptors (Lipinski definition) is 3. The number of hydrogen-bond donors (Lipinski definition) is 0. The first-order chi connectivity index (χ1) is 10.9. The van der Waals surface area contributed by atoms with Crippen molar-refractivity contribution in [1.29, 1.82) is 0 Å². The molecule has 132 valence electrons. The van der Waals surface area contributed by atoms with Gasteiger partial charge >= 0.3 is 8.80 Å². The van der Waals surface area contributed by atoms with Crippen LogP contribution in [0.5, 0.6) is 0 Å². The maximum absolute atomic E-state index is 6.67. The molecule has 0 amide bonds. The maximum Gasteiger partial charge on any atom is 0.501 e. The highest BCUT2D eigenvalue weighted by Crippen LogP contribution is 2.39. The average molecular weight is 339 g/mol. The van der Waals surface area contributed by atoms with Gasteiger partial charge in [-0.3, -0.25) is 0 Å². The van der Waals surface area contributed by atoms with Crippen LogP contribution in [0, 0.1) is 5.41 Å². The van der Waals surface area contributed by atoms with Crippen molar-refractivity contribution in [3.8, 4) is 0 Å². The van der Waals surface area contributed by atoms with Crippen molar-refractivity contribution in [2.24, 2.45) is 5.41 Å². The fourth-order valence-corrected chi connectivity index (χ4v) is 5.84. The Morgan fingerprint density at radius 1 is 0.957 bits per heavy atom. The second-order valence-electron chi connectivity index (χ2n) is 6.93. The van der Waals surface area contributed by atoms with Crippen LogP contribution in [-0.4, -0.2) is 22.0 Å². The molecule has 0 N–H and O–H groups in total. The summed E-state index contributed by atoms with van der Waals surface area (Å²) < 4.78 is 18.9. The molecule has 0 radical (unpaired) electrons. The minimum Gasteiger partial charge on any atom is -0.374 e. The fourth-order valence-electron chi connectivity index (χ4n) is 2.70. The van der Waals surface area contributed by atoms with Gasteiger partial charge in [0.25, 0.3) is 0 Å². The van der Waals surface area contributed by atoms with Crippen molar-refractivity contribution in [2.75, 3.05) is 13.2 Å². The highest BCUT2D eigenvalue weighted by Gasteiger charge is 2.45. The molecule has 1 aromatic rings. The van der Waals surface area contributed by atoms with Crippen molar-refractivity contribution >= 4 is 8.80 Å². The summed E-state index contributed by atoms with van der Waals surface area (Å²) in [6, 6.07) is 11.3. The Morgan fingerprint density at radius 3 is 1.96 bits per heavy atom. The van der Waals surface area contributed by atoms with Crippen LogP contribution in [0.3, 0.4) is 0 Å². The lowest BCUT2D eigenvalue weighted by molar-refractivity contribution is -0.0132. The van der Waals surface area contributed by atoms with Gasteiger partial charge in [-0.1, -0.05) is 64.4 Å². The van der Waals surface area contributed by atoms with Crippen LogP contribution in [0.25, 0.3) is 0 Å². The SMILES string of the molecule is CCCC[Si](OCC)(OCC)OC(c1ccccc1)C(C)(C)C. The number of benzene rings is 1. The molecule has 0 fully saturated rings. The molecule has 0 aliphatic carbocycles. The van der Waals surface area contributed by atoms with Crippen LogP contribution in [0.2, 0.25) is 6.04 Å². The van der Waals surface area contributed by atoms with Gasteiger partial charge in [0, 0.05) is 19.3 Å². The van der Waals surface area contributed by atoms with Crippen LogP contribution in [-0.2, 0) is 13.3 Å². The average Bonchev–Trinajstić information content (AvgIpc) is 2.51. The monoisotopic (exact) mass is 338 g/mol. The van der Waals surface area contributed by atoms with E-state index in [9.17, 15) is 0 Å². The largest absolute Gasteiger partial charge is 0.501 e. The zero-order valence-electron chi connectivity index (χ0n) is 15.7. The molecule has 0 bridgehead atoms. The molecule has 1 atom stereocenters. The van der Waals surface area contributed by atoms with E-state index < -0.39 is 8.80 Å². The summed E-state index contributed by atoms with van der Waals surface area (Å²) in [6.07, 6.45) is 2.15. The van der Waals surface area contributed by atoms with Crippen molar-refractivity contribution in [1.82, 2.24) is 0 Å². The van der Waals surface area contributed by atoms with Gasteiger partial charge < -0.3 is 13.3 Å². The highest BCUT2D eigenvalue weighted by atomic mass is 28.4. The molecule has 1 aromatic carbocycles. The summed E-state index contributed by atoms with van der Waals surface area (Å²) in [5.41, 5.74) is 1.16. The molecule has 0 saturated heterocycles. The van der Waals surface area contributed by atoms with Gasteiger partial charge in [-0.2, -0.15) is 0 Å². The number of unbranched alkanes of at least 4 members (excludes halogenated alkanes) is 1. The van der Waals surface area contributed by atoms with E-state index in [0.29, 0.717) is 13.2 Å². The highest BCUT2D eigenvalue weighted by molar-refractivity contribution is 6.60. The van der Waals surface area contributed by atoms with Gasteiger partial charge in [-0.25, -0.2) is 0 Å². The van der Waals surface area contributed by atoms with Crippen molar-refractivity contribution in [3.63, 3.8) is 0 Å². The molecule has 0 aliphatic rings. The first-order valence-electron chi connectivity index (χ1n) is 8.89. The van der Waals surface area contributed by atoms with Crippen molar-refractivity contribution < 1.29 is 13.3 Å². The maximum atomic E-state index is 6.67. The van der Waals surface area contributed by atoms with E-state index in [1.807, 2.05) is 19.9 Å². The summed E-state index contributed by atoms with van der Waals surface area (Å²) in [7, 11) is -2.67. The molecule has 4 heteroatoms. The second-order valence-corrected chi connectivity index (χ2v) is 9.61. The van der Waals surface area contributed by atoms with Gasteiger partial charge in [0.2, 0.25) is 0 Å². The van der Waals surface area contributed by atoms with Crippen molar-refractivity contribution in [2.45, 2.75) is 66.5 Å². The zero-order valence-corrected chi connectivity index (χ0v) is 16.7. The molecule has 3 nitrogen and oxygen atoms in total. The third-order valence-corrected chi connectivity index (χ3v) is 6.77. The van der Waals surface area contributed by atoms with Gasteiger partial charge in [0.05, 0.1) is 6.10 Å². The second kappa shape index (κ2) is 9.57. The van der Waals surface area contributed by atoms with E-state index in [0.717, 1.165) is 18.9 Å².